The van der Waals surface area contributed by atoms with Crippen molar-refractivity contribution in [1.29, 1.82) is 0 Å². The Morgan fingerprint density at radius 1 is 1.18 bits per heavy atom. The second-order valence-corrected chi connectivity index (χ2v) is 5.89. The first-order valence-corrected chi connectivity index (χ1v) is 7.78. The van der Waals surface area contributed by atoms with Gasteiger partial charge in [0.25, 0.3) is 5.91 Å². The van der Waals surface area contributed by atoms with Crippen LogP contribution in [0.5, 0.6) is 0 Å². The summed E-state index contributed by atoms with van der Waals surface area (Å²) >= 11 is 1.52. The third-order valence-electron chi connectivity index (χ3n) is 3.27. The minimum Gasteiger partial charge on any atom is -0.361 e. The van der Waals surface area contributed by atoms with Gasteiger partial charge in [-0.1, -0.05) is 30.0 Å². The zero-order valence-corrected chi connectivity index (χ0v) is 12.6. The van der Waals surface area contributed by atoms with E-state index in [1.165, 1.54) is 11.8 Å². The molecule has 0 spiro atoms. The number of carbonyl (C=O) groups is 1. The maximum Gasteiger partial charge on any atom is 0.252 e. The van der Waals surface area contributed by atoms with Crippen LogP contribution in [0.1, 0.15) is 10.4 Å². The van der Waals surface area contributed by atoms with Crippen molar-refractivity contribution in [2.24, 2.45) is 0 Å². The third kappa shape index (κ3) is 3.14. The Kier molecular flexibility index (Phi) is 4.44. The number of aromatic nitrogens is 1. The van der Waals surface area contributed by atoms with Crippen molar-refractivity contribution >= 4 is 28.6 Å². The number of hydrogen-bond acceptors (Lipinski definition) is 2. The van der Waals surface area contributed by atoms with Crippen molar-refractivity contribution in [3.05, 3.63) is 60.3 Å². The summed E-state index contributed by atoms with van der Waals surface area (Å²) < 4.78 is 12.2. The molecule has 112 valence electrons. The lowest BCUT2D eigenvalue weighted by molar-refractivity contribution is 0.0948. The highest BCUT2D eigenvalue weighted by Crippen LogP contribution is 2.32. The highest BCUT2D eigenvalue weighted by molar-refractivity contribution is 7.99. The highest BCUT2D eigenvalue weighted by atomic mass is 32.2. The van der Waals surface area contributed by atoms with E-state index in [-0.39, 0.29) is 12.5 Å². The van der Waals surface area contributed by atoms with Gasteiger partial charge in [0.1, 0.15) is 6.67 Å². The van der Waals surface area contributed by atoms with Gasteiger partial charge in [-0.3, -0.25) is 4.79 Å². The van der Waals surface area contributed by atoms with Gasteiger partial charge < -0.3 is 10.3 Å². The summed E-state index contributed by atoms with van der Waals surface area (Å²) in [5.41, 5.74) is 1.62. The molecular formula is C17H15FN2OS. The second-order valence-electron chi connectivity index (χ2n) is 4.77. The van der Waals surface area contributed by atoms with E-state index in [0.29, 0.717) is 5.56 Å². The molecule has 0 radical (unpaired) electrons. The lowest BCUT2D eigenvalue weighted by atomic mass is 10.2. The molecule has 0 aliphatic carbocycles. The van der Waals surface area contributed by atoms with Crippen LogP contribution in [0.3, 0.4) is 0 Å². The number of aromatic amines is 1. The second kappa shape index (κ2) is 6.66. The average molecular weight is 314 g/mol. The molecule has 1 heterocycles. The molecule has 1 amide bonds. The van der Waals surface area contributed by atoms with E-state index >= 15 is 0 Å². The van der Waals surface area contributed by atoms with E-state index in [1.807, 2.05) is 42.6 Å². The highest BCUT2D eigenvalue weighted by Gasteiger charge is 2.11. The summed E-state index contributed by atoms with van der Waals surface area (Å²) in [7, 11) is 0. The molecule has 3 aromatic rings. The van der Waals surface area contributed by atoms with E-state index in [9.17, 15) is 9.18 Å². The summed E-state index contributed by atoms with van der Waals surface area (Å²) in [5.74, 6) is -0.248. The lowest BCUT2D eigenvalue weighted by Gasteiger charge is -2.09. The van der Waals surface area contributed by atoms with Crippen LogP contribution in [0.15, 0.2) is 64.5 Å². The minimum atomic E-state index is -0.565. The molecule has 2 aromatic carbocycles. The molecule has 0 saturated heterocycles. The summed E-state index contributed by atoms with van der Waals surface area (Å²) in [4.78, 5) is 17.2. The van der Waals surface area contributed by atoms with Crippen molar-refractivity contribution in [2.45, 2.75) is 9.79 Å². The van der Waals surface area contributed by atoms with Crippen LogP contribution in [0.4, 0.5) is 4.39 Å². The molecule has 0 bridgehead atoms. The van der Waals surface area contributed by atoms with Gasteiger partial charge in [0.05, 0.1) is 5.56 Å². The van der Waals surface area contributed by atoms with Crippen molar-refractivity contribution < 1.29 is 9.18 Å². The molecule has 3 rings (SSSR count). The number of halogens is 1. The minimum absolute atomic E-state index is 0.0340. The van der Waals surface area contributed by atoms with E-state index in [2.05, 4.69) is 16.4 Å². The number of nitrogens with one attached hydrogen (secondary N) is 2. The maximum atomic E-state index is 12.2. The summed E-state index contributed by atoms with van der Waals surface area (Å²) in [5, 5.41) is 3.72. The summed E-state index contributed by atoms with van der Waals surface area (Å²) in [6.45, 7) is -0.531. The van der Waals surface area contributed by atoms with Crippen LogP contribution in [0.2, 0.25) is 0 Å². The van der Waals surface area contributed by atoms with Gasteiger partial charge in [-0.05, 0) is 35.7 Å². The van der Waals surface area contributed by atoms with Gasteiger partial charge in [-0.25, -0.2) is 4.39 Å². The molecule has 0 fully saturated rings. The van der Waals surface area contributed by atoms with Crippen molar-refractivity contribution in [2.75, 3.05) is 13.2 Å². The van der Waals surface area contributed by atoms with E-state index in [0.717, 1.165) is 20.7 Å². The number of carbonyl (C=O) groups excluding carboxylic acids is 1. The quantitative estimate of drug-likeness (QED) is 0.747. The molecule has 0 aliphatic rings. The summed E-state index contributed by atoms with van der Waals surface area (Å²) in [6.07, 6.45) is 1.90. The molecule has 0 atom stereocenters. The van der Waals surface area contributed by atoms with Crippen LogP contribution < -0.4 is 5.32 Å². The van der Waals surface area contributed by atoms with Crippen molar-refractivity contribution in [1.82, 2.24) is 10.3 Å². The molecule has 3 nitrogen and oxygen atoms in total. The fourth-order valence-electron chi connectivity index (χ4n) is 2.22. The molecule has 22 heavy (non-hydrogen) atoms. The van der Waals surface area contributed by atoms with Crippen molar-refractivity contribution in [3.63, 3.8) is 0 Å². The number of H-pyrrole nitrogens is 1. The Bertz CT molecular complexity index is 800. The summed E-state index contributed by atoms with van der Waals surface area (Å²) in [6, 6.07) is 15.5. The number of benzene rings is 2. The smallest absolute Gasteiger partial charge is 0.252 e. The fraction of sp³-hybridized carbons (Fsp3) is 0.118. The molecule has 5 heteroatoms. The Labute approximate surface area is 131 Å². The fourth-order valence-corrected chi connectivity index (χ4v) is 3.20. The zero-order chi connectivity index (χ0) is 15.4. The first-order chi connectivity index (χ1) is 10.8. The number of rotatable bonds is 5. The zero-order valence-electron chi connectivity index (χ0n) is 11.8. The number of amides is 1. The van der Waals surface area contributed by atoms with Crippen LogP contribution in [-0.2, 0) is 0 Å². The molecule has 2 N–H and O–H groups in total. The molecule has 0 aliphatic heterocycles. The lowest BCUT2D eigenvalue weighted by Crippen LogP contribution is -2.25. The van der Waals surface area contributed by atoms with Crippen LogP contribution in [0.25, 0.3) is 10.9 Å². The third-order valence-corrected chi connectivity index (χ3v) is 4.33. The van der Waals surface area contributed by atoms with Gasteiger partial charge in [0, 0.05) is 28.0 Å². The Balaban J connectivity index is 1.86. The normalized spacial score (nSPS) is 10.8. The largest absolute Gasteiger partial charge is 0.361 e. The molecule has 0 unspecified atom stereocenters. The van der Waals surface area contributed by atoms with Gasteiger partial charge >= 0.3 is 0 Å². The number of hydrogen-bond donors (Lipinski definition) is 2. The van der Waals surface area contributed by atoms with E-state index < -0.39 is 6.67 Å². The number of fused-ring (bicyclic) bond motifs is 1. The molecule has 0 saturated carbocycles. The van der Waals surface area contributed by atoms with Gasteiger partial charge in [-0.15, -0.1) is 0 Å². The SMILES string of the molecule is O=C(NCCF)c1ccccc1Sc1ccc2cc[nH]c2c1. The Morgan fingerprint density at radius 2 is 2.05 bits per heavy atom. The molecular weight excluding hydrogens is 299 g/mol. The Hall–Kier alpha value is -2.27. The van der Waals surface area contributed by atoms with Gasteiger partial charge in [-0.2, -0.15) is 0 Å². The van der Waals surface area contributed by atoms with Crippen LogP contribution in [-0.4, -0.2) is 24.1 Å². The topological polar surface area (TPSA) is 44.9 Å². The van der Waals surface area contributed by atoms with E-state index in [1.54, 1.807) is 6.07 Å². The van der Waals surface area contributed by atoms with Gasteiger partial charge in [0.15, 0.2) is 0 Å². The predicted molar refractivity (Wildman–Crippen MR) is 87.2 cm³/mol. The van der Waals surface area contributed by atoms with Gasteiger partial charge in [0.2, 0.25) is 0 Å². The van der Waals surface area contributed by atoms with Crippen molar-refractivity contribution in [3.8, 4) is 0 Å². The first-order valence-electron chi connectivity index (χ1n) is 6.96. The van der Waals surface area contributed by atoms with Crippen LogP contribution >= 0.6 is 11.8 Å². The van der Waals surface area contributed by atoms with Crippen LogP contribution in [0, 0.1) is 0 Å². The Morgan fingerprint density at radius 3 is 2.91 bits per heavy atom. The molecule has 1 aromatic heterocycles. The monoisotopic (exact) mass is 314 g/mol. The predicted octanol–water partition coefficient (Wildman–Crippen LogP) is 4.02. The maximum absolute atomic E-state index is 12.2. The van der Waals surface area contributed by atoms with E-state index in [4.69, 9.17) is 0 Å². The average Bonchev–Trinajstić information content (AvgIpc) is 3.01. The standard InChI is InChI=1S/C17H15FN2OS/c18-8-10-20-17(21)14-3-1-2-4-16(14)22-13-6-5-12-7-9-19-15(12)11-13/h1-7,9,11,19H,8,10H2,(H,20,21). The number of alkyl halides is 1. The first kappa shape index (κ1) is 14.7.